The van der Waals surface area contributed by atoms with E-state index in [1.807, 2.05) is 6.07 Å². The highest BCUT2D eigenvalue weighted by Crippen LogP contribution is 2.39. The summed E-state index contributed by atoms with van der Waals surface area (Å²) in [4.78, 5) is 28.0. The molecule has 0 spiro atoms. The molecule has 0 unspecified atom stereocenters. The Balaban J connectivity index is 1.95. The molecule has 2 aromatic rings. The average Bonchev–Trinajstić information content (AvgIpc) is 2.66. The van der Waals surface area contributed by atoms with Crippen molar-refractivity contribution in [3.8, 4) is 17.2 Å². The second kappa shape index (κ2) is 9.26. The molecule has 0 atom stereocenters. The van der Waals surface area contributed by atoms with Crippen LogP contribution in [0.25, 0.3) is 0 Å². The fourth-order valence-electron chi connectivity index (χ4n) is 2.27. The molecule has 8 nitrogen and oxygen atoms in total. The summed E-state index contributed by atoms with van der Waals surface area (Å²) < 4.78 is 15.7. The van der Waals surface area contributed by atoms with Gasteiger partial charge in [-0.1, -0.05) is 6.07 Å². The number of ether oxygens (including phenoxy) is 3. The maximum absolute atomic E-state index is 12.1. The number of aromatic nitrogens is 1. The van der Waals surface area contributed by atoms with Gasteiger partial charge in [0.05, 0.1) is 21.3 Å². The van der Waals surface area contributed by atoms with Gasteiger partial charge in [0.2, 0.25) is 17.6 Å². The lowest BCUT2D eigenvalue weighted by atomic mass is 10.2. The third-order valence-electron chi connectivity index (χ3n) is 3.48. The molecule has 138 valence electrons. The van der Waals surface area contributed by atoms with E-state index >= 15 is 0 Å². The Morgan fingerprint density at radius 2 is 1.73 bits per heavy atom. The number of benzene rings is 1. The maximum Gasteiger partial charge on any atom is 0.233 e. The van der Waals surface area contributed by atoms with E-state index in [0.717, 1.165) is 5.56 Å². The third kappa shape index (κ3) is 5.10. The normalized spacial score (nSPS) is 9.96. The molecule has 2 N–H and O–H groups in total. The summed E-state index contributed by atoms with van der Waals surface area (Å²) in [6.45, 7) is 0.310. The molecule has 8 heteroatoms. The van der Waals surface area contributed by atoms with E-state index in [2.05, 4.69) is 15.6 Å². The van der Waals surface area contributed by atoms with Crippen LogP contribution in [0.3, 0.4) is 0 Å². The summed E-state index contributed by atoms with van der Waals surface area (Å²) >= 11 is 0. The number of carbonyl (C=O) groups is 2. The van der Waals surface area contributed by atoms with Gasteiger partial charge in [-0.05, 0) is 11.6 Å². The van der Waals surface area contributed by atoms with E-state index in [4.69, 9.17) is 14.2 Å². The fourth-order valence-corrected chi connectivity index (χ4v) is 2.27. The Morgan fingerprint density at radius 1 is 1.04 bits per heavy atom. The van der Waals surface area contributed by atoms with Crippen LogP contribution in [-0.2, 0) is 16.1 Å². The van der Waals surface area contributed by atoms with E-state index in [0.29, 0.717) is 29.5 Å². The van der Waals surface area contributed by atoms with Crippen molar-refractivity contribution in [2.75, 3.05) is 26.6 Å². The molecule has 0 fully saturated rings. The van der Waals surface area contributed by atoms with Crippen molar-refractivity contribution >= 4 is 17.5 Å². The molecule has 1 heterocycles. The lowest BCUT2D eigenvalue weighted by Crippen LogP contribution is -2.27. The number of rotatable bonds is 8. The van der Waals surface area contributed by atoms with Crippen LogP contribution in [0.1, 0.15) is 12.0 Å². The van der Waals surface area contributed by atoms with Crippen LogP contribution in [0.5, 0.6) is 17.2 Å². The molecule has 2 rings (SSSR count). The van der Waals surface area contributed by atoms with Gasteiger partial charge in [0.25, 0.3) is 0 Å². The quantitative estimate of drug-likeness (QED) is 0.697. The van der Waals surface area contributed by atoms with Gasteiger partial charge in [0, 0.05) is 36.8 Å². The van der Waals surface area contributed by atoms with E-state index in [9.17, 15) is 9.59 Å². The highest BCUT2D eigenvalue weighted by atomic mass is 16.5. The first-order valence-electron chi connectivity index (χ1n) is 7.82. The minimum absolute atomic E-state index is 0.309. The molecule has 0 saturated carbocycles. The van der Waals surface area contributed by atoms with Gasteiger partial charge in [-0.2, -0.15) is 0 Å². The topological polar surface area (TPSA) is 98.8 Å². The molecule has 1 aromatic carbocycles. The molecule has 0 aliphatic rings. The van der Waals surface area contributed by atoms with E-state index in [1.165, 1.54) is 21.3 Å². The predicted molar refractivity (Wildman–Crippen MR) is 95.4 cm³/mol. The summed E-state index contributed by atoms with van der Waals surface area (Å²) in [6.07, 6.45) is 2.99. The Labute approximate surface area is 151 Å². The molecule has 0 aliphatic heterocycles. The standard InChI is InChI=1S/C18H21N3O5/c1-24-14-7-13(8-15(25-2)18(14)26-3)21-17(23)9-16(22)20-11-12-5-4-6-19-10-12/h4-8,10H,9,11H2,1-3H3,(H,20,22)(H,21,23). The van der Waals surface area contributed by atoms with E-state index in [-0.39, 0.29) is 6.42 Å². The van der Waals surface area contributed by atoms with Crippen molar-refractivity contribution < 1.29 is 23.8 Å². The number of pyridine rings is 1. The monoisotopic (exact) mass is 359 g/mol. The number of nitrogens with one attached hydrogen (secondary N) is 2. The summed E-state index contributed by atoms with van der Waals surface area (Å²) in [5.74, 6) is 0.385. The number of carbonyl (C=O) groups excluding carboxylic acids is 2. The molecule has 0 bridgehead atoms. The number of amides is 2. The van der Waals surface area contributed by atoms with E-state index < -0.39 is 11.8 Å². The molecular formula is C18H21N3O5. The Kier molecular flexibility index (Phi) is 6.78. The first-order valence-corrected chi connectivity index (χ1v) is 7.82. The van der Waals surface area contributed by atoms with Crippen LogP contribution in [0.15, 0.2) is 36.7 Å². The number of hydrogen-bond donors (Lipinski definition) is 2. The Morgan fingerprint density at radius 3 is 2.27 bits per heavy atom. The van der Waals surface area contributed by atoms with Gasteiger partial charge in [-0.25, -0.2) is 0 Å². The summed E-state index contributed by atoms with van der Waals surface area (Å²) in [6, 6.07) is 6.79. The zero-order valence-electron chi connectivity index (χ0n) is 14.9. The van der Waals surface area contributed by atoms with Crippen molar-refractivity contribution in [3.05, 3.63) is 42.2 Å². The molecular weight excluding hydrogens is 338 g/mol. The van der Waals surface area contributed by atoms with Crippen molar-refractivity contribution in [1.29, 1.82) is 0 Å². The summed E-state index contributed by atoms with van der Waals surface area (Å²) in [5, 5.41) is 5.31. The van der Waals surface area contributed by atoms with Gasteiger partial charge in [0.1, 0.15) is 6.42 Å². The lowest BCUT2D eigenvalue weighted by Gasteiger charge is -2.14. The largest absolute Gasteiger partial charge is 0.493 e. The highest BCUT2D eigenvalue weighted by molar-refractivity contribution is 6.03. The van der Waals surface area contributed by atoms with Crippen LogP contribution in [0.4, 0.5) is 5.69 Å². The van der Waals surface area contributed by atoms with Crippen LogP contribution in [-0.4, -0.2) is 38.1 Å². The van der Waals surface area contributed by atoms with Crippen LogP contribution in [0.2, 0.25) is 0 Å². The molecule has 26 heavy (non-hydrogen) atoms. The molecule has 0 aliphatic carbocycles. The third-order valence-corrected chi connectivity index (χ3v) is 3.48. The lowest BCUT2D eigenvalue weighted by molar-refractivity contribution is -0.126. The van der Waals surface area contributed by atoms with Crippen LogP contribution < -0.4 is 24.8 Å². The van der Waals surface area contributed by atoms with Crippen molar-refractivity contribution in [2.24, 2.45) is 0 Å². The van der Waals surface area contributed by atoms with Gasteiger partial charge in [0.15, 0.2) is 11.5 Å². The van der Waals surface area contributed by atoms with Crippen molar-refractivity contribution in [3.63, 3.8) is 0 Å². The average molecular weight is 359 g/mol. The Bertz CT molecular complexity index is 740. The zero-order valence-corrected chi connectivity index (χ0v) is 14.9. The van der Waals surface area contributed by atoms with Crippen molar-refractivity contribution in [2.45, 2.75) is 13.0 Å². The Hall–Kier alpha value is -3.29. The van der Waals surface area contributed by atoms with Crippen LogP contribution in [0, 0.1) is 0 Å². The maximum atomic E-state index is 12.1. The molecule has 0 saturated heterocycles. The first-order chi connectivity index (χ1) is 12.6. The van der Waals surface area contributed by atoms with Gasteiger partial charge in [-0.15, -0.1) is 0 Å². The number of anilines is 1. The second-order valence-corrected chi connectivity index (χ2v) is 5.28. The predicted octanol–water partition coefficient (Wildman–Crippen LogP) is 1.75. The number of hydrogen-bond acceptors (Lipinski definition) is 6. The van der Waals surface area contributed by atoms with E-state index in [1.54, 1.807) is 30.6 Å². The minimum atomic E-state index is -0.456. The van der Waals surface area contributed by atoms with Crippen molar-refractivity contribution in [1.82, 2.24) is 10.3 Å². The molecule has 2 amide bonds. The minimum Gasteiger partial charge on any atom is -0.493 e. The second-order valence-electron chi connectivity index (χ2n) is 5.28. The zero-order chi connectivity index (χ0) is 18.9. The van der Waals surface area contributed by atoms with Gasteiger partial charge >= 0.3 is 0 Å². The van der Waals surface area contributed by atoms with Gasteiger partial charge < -0.3 is 24.8 Å². The number of methoxy groups -OCH3 is 3. The summed E-state index contributed by atoms with van der Waals surface area (Å²) in [5.41, 5.74) is 1.29. The summed E-state index contributed by atoms with van der Waals surface area (Å²) in [7, 11) is 4.45. The first kappa shape index (κ1) is 19.0. The highest BCUT2D eigenvalue weighted by Gasteiger charge is 2.15. The fraction of sp³-hybridized carbons (Fsp3) is 0.278. The SMILES string of the molecule is COc1cc(NC(=O)CC(=O)NCc2cccnc2)cc(OC)c1OC. The number of nitrogens with zero attached hydrogens (tertiary/aromatic N) is 1. The van der Waals surface area contributed by atoms with Crippen LogP contribution >= 0.6 is 0 Å². The smallest absolute Gasteiger partial charge is 0.233 e. The molecule has 1 aromatic heterocycles. The molecule has 0 radical (unpaired) electrons. The van der Waals surface area contributed by atoms with Gasteiger partial charge in [-0.3, -0.25) is 14.6 Å².